The molecule has 0 aliphatic carbocycles. The van der Waals surface area contributed by atoms with Crippen molar-refractivity contribution in [3.63, 3.8) is 0 Å². The summed E-state index contributed by atoms with van der Waals surface area (Å²) in [7, 11) is 1.44. The minimum absolute atomic E-state index is 0.132. The Morgan fingerprint density at radius 2 is 2.14 bits per heavy atom. The summed E-state index contributed by atoms with van der Waals surface area (Å²) in [6, 6.07) is 0.878. The van der Waals surface area contributed by atoms with Crippen LogP contribution in [0.4, 0.5) is 14.9 Å². The molecule has 21 heavy (non-hydrogen) atoms. The number of carbonyl (C=O) groups excluding carboxylic acids is 1. The van der Waals surface area contributed by atoms with Crippen molar-refractivity contribution in [2.45, 2.75) is 19.4 Å². The lowest BCUT2D eigenvalue weighted by atomic mass is 10.2. The Morgan fingerprint density at radius 3 is 2.71 bits per heavy atom. The second-order valence-corrected chi connectivity index (χ2v) is 5.21. The quantitative estimate of drug-likeness (QED) is 0.725. The van der Waals surface area contributed by atoms with Crippen LogP contribution in [0.2, 0.25) is 0 Å². The van der Waals surface area contributed by atoms with Crippen molar-refractivity contribution >= 4 is 33.6 Å². The number of rotatable bonds is 6. The second-order valence-electron chi connectivity index (χ2n) is 4.35. The molecule has 0 spiro atoms. The van der Waals surface area contributed by atoms with Gasteiger partial charge in [-0.2, -0.15) is 0 Å². The normalized spacial score (nSPS) is 11.8. The summed E-state index contributed by atoms with van der Waals surface area (Å²) in [5.41, 5.74) is 0.909. The Kier molecular flexibility index (Phi) is 6.57. The molecular weight excluding hydrogens is 347 g/mol. The van der Waals surface area contributed by atoms with Gasteiger partial charge in [-0.25, -0.2) is 14.0 Å². The molecule has 0 saturated carbocycles. The predicted octanol–water partition coefficient (Wildman–Crippen LogP) is 2.51. The monoisotopic (exact) mass is 362 g/mol. The van der Waals surface area contributed by atoms with Crippen LogP contribution in [0.3, 0.4) is 0 Å². The molecule has 0 fully saturated rings. The number of anilines is 1. The molecule has 2 amide bonds. The zero-order chi connectivity index (χ0) is 16.0. The van der Waals surface area contributed by atoms with E-state index in [-0.39, 0.29) is 23.2 Å². The number of carboxylic acids is 1. The molecule has 6 nitrogen and oxygen atoms in total. The molecule has 1 aromatic rings. The van der Waals surface area contributed by atoms with E-state index in [0.717, 1.165) is 6.07 Å². The van der Waals surface area contributed by atoms with Gasteiger partial charge in [0.2, 0.25) is 0 Å². The van der Waals surface area contributed by atoms with Crippen molar-refractivity contribution in [3.8, 4) is 0 Å². The molecule has 1 atom stereocenters. The van der Waals surface area contributed by atoms with Crippen LogP contribution in [0, 0.1) is 12.7 Å². The summed E-state index contributed by atoms with van der Waals surface area (Å²) < 4.78 is 18.5. The number of ether oxygens (including phenoxy) is 1. The smallest absolute Gasteiger partial charge is 0.326 e. The first kappa shape index (κ1) is 17.4. The zero-order valence-electron chi connectivity index (χ0n) is 11.6. The number of hydrogen-bond acceptors (Lipinski definition) is 3. The van der Waals surface area contributed by atoms with Gasteiger partial charge in [0.25, 0.3) is 0 Å². The maximum atomic E-state index is 13.4. The summed E-state index contributed by atoms with van der Waals surface area (Å²) in [5.74, 6) is -1.69. The van der Waals surface area contributed by atoms with Crippen LogP contribution >= 0.6 is 15.9 Å². The molecule has 1 aromatic carbocycles. The van der Waals surface area contributed by atoms with Crippen LogP contribution in [0.1, 0.15) is 12.0 Å². The summed E-state index contributed by atoms with van der Waals surface area (Å²) in [6.07, 6.45) is 0.132. The number of nitrogens with one attached hydrogen (secondary N) is 2. The molecule has 0 aromatic heterocycles. The lowest BCUT2D eigenvalue weighted by Crippen LogP contribution is -2.43. The standard InChI is InChI=1S/C13H16BrFN2O4/c1-7-5-8(14)9(15)6-11(7)17-13(20)16-10(12(18)19)3-4-21-2/h5-6,10H,3-4H2,1-2H3,(H,18,19)(H2,16,17,20). The average Bonchev–Trinajstić information content (AvgIpc) is 2.40. The fourth-order valence-corrected chi connectivity index (χ4v) is 2.05. The van der Waals surface area contributed by atoms with Gasteiger partial charge in [0.05, 0.1) is 4.47 Å². The number of aliphatic carboxylic acids is 1. The van der Waals surface area contributed by atoms with Crippen molar-refractivity contribution in [3.05, 3.63) is 28.0 Å². The topological polar surface area (TPSA) is 87.7 Å². The van der Waals surface area contributed by atoms with Gasteiger partial charge in [0.1, 0.15) is 11.9 Å². The Morgan fingerprint density at radius 1 is 1.48 bits per heavy atom. The molecule has 1 unspecified atom stereocenters. The number of benzene rings is 1. The second kappa shape index (κ2) is 7.94. The fraction of sp³-hybridized carbons (Fsp3) is 0.385. The van der Waals surface area contributed by atoms with E-state index in [1.54, 1.807) is 6.92 Å². The zero-order valence-corrected chi connectivity index (χ0v) is 13.2. The van der Waals surface area contributed by atoms with E-state index in [2.05, 4.69) is 26.6 Å². The van der Waals surface area contributed by atoms with Gasteiger partial charge in [-0.15, -0.1) is 0 Å². The summed E-state index contributed by atoms with van der Waals surface area (Å²) in [6.45, 7) is 1.89. The molecule has 0 aliphatic heterocycles. The summed E-state index contributed by atoms with van der Waals surface area (Å²) in [5, 5.41) is 13.7. The predicted molar refractivity (Wildman–Crippen MR) is 78.9 cm³/mol. The lowest BCUT2D eigenvalue weighted by Gasteiger charge is -2.15. The maximum absolute atomic E-state index is 13.4. The maximum Gasteiger partial charge on any atom is 0.326 e. The highest BCUT2D eigenvalue weighted by molar-refractivity contribution is 9.10. The van der Waals surface area contributed by atoms with Crippen LogP contribution in [-0.4, -0.2) is 36.9 Å². The van der Waals surface area contributed by atoms with E-state index in [1.165, 1.54) is 13.2 Å². The lowest BCUT2D eigenvalue weighted by molar-refractivity contribution is -0.139. The van der Waals surface area contributed by atoms with Crippen LogP contribution in [-0.2, 0) is 9.53 Å². The summed E-state index contributed by atoms with van der Waals surface area (Å²) >= 11 is 3.04. The first-order chi connectivity index (χ1) is 9.85. The first-order valence-corrected chi connectivity index (χ1v) is 6.89. The molecule has 0 radical (unpaired) electrons. The third kappa shape index (κ3) is 5.31. The number of aryl methyl sites for hydroxylation is 1. The van der Waals surface area contributed by atoms with Crippen LogP contribution in [0.5, 0.6) is 0 Å². The Hall–Kier alpha value is -1.67. The highest BCUT2D eigenvalue weighted by Gasteiger charge is 2.20. The molecule has 8 heteroatoms. The van der Waals surface area contributed by atoms with Crippen LogP contribution in [0.25, 0.3) is 0 Å². The van der Waals surface area contributed by atoms with Crippen molar-refractivity contribution < 1.29 is 23.8 Å². The van der Waals surface area contributed by atoms with Crippen molar-refractivity contribution in [1.29, 1.82) is 0 Å². The minimum atomic E-state index is -1.17. The van der Waals surface area contributed by atoms with E-state index in [0.29, 0.717) is 5.56 Å². The Labute approximate surface area is 129 Å². The highest BCUT2D eigenvalue weighted by Crippen LogP contribution is 2.23. The third-order valence-corrected chi connectivity index (χ3v) is 3.34. The van der Waals surface area contributed by atoms with E-state index in [9.17, 15) is 14.0 Å². The van der Waals surface area contributed by atoms with Gasteiger partial charge in [-0.3, -0.25) is 0 Å². The molecule has 0 heterocycles. The van der Waals surface area contributed by atoms with Crippen molar-refractivity contribution in [2.75, 3.05) is 19.0 Å². The van der Waals surface area contributed by atoms with Crippen LogP contribution < -0.4 is 10.6 Å². The van der Waals surface area contributed by atoms with Gasteiger partial charge in [-0.1, -0.05) is 0 Å². The largest absolute Gasteiger partial charge is 0.480 e. The van der Waals surface area contributed by atoms with Gasteiger partial charge >= 0.3 is 12.0 Å². The van der Waals surface area contributed by atoms with Gasteiger partial charge in [-0.05, 0) is 40.5 Å². The minimum Gasteiger partial charge on any atom is -0.480 e. The fourth-order valence-electron chi connectivity index (χ4n) is 1.59. The Balaban J connectivity index is 2.72. The number of carbonyl (C=O) groups is 2. The Bertz CT molecular complexity index is 539. The van der Waals surface area contributed by atoms with Crippen LogP contribution in [0.15, 0.2) is 16.6 Å². The van der Waals surface area contributed by atoms with Gasteiger partial charge < -0.3 is 20.5 Å². The van der Waals surface area contributed by atoms with Gasteiger partial charge in [0.15, 0.2) is 0 Å². The number of carboxylic acid groups (broad SMARTS) is 1. The number of urea groups is 1. The molecule has 3 N–H and O–H groups in total. The molecule has 1 rings (SSSR count). The van der Waals surface area contributed by atoms with E-state index < -0.39 is 23.9 Å². The number of methoxy groups -OCH3 is 1. The molecule has 0 bridgehead atoms. The molecule has 0 saturated heterocycles. The summed E-state index contributed by atoms with van der Waals surface area (Å²) in [4.78, 5) is 22.8. The molecular formula is C13H16BrFN2O4. The van der Waals surface area contributed by atoms with Crippen molar-refractivity contribution in [2.24, 2.45) is 0 Å². The van der Waals surface area contributed by atoms with Crippen molar-refractivity contribution in [1.82, 2.24) is 5.32 Å². The number of halogens is 2. The average molecular weight is 363 g/mol. The van der Waals surface area contributed by atoms with Gasteiger partial charge in [0, 0.05) is 25.8 Å². The highest BCUT2D eigenvalue weighted by atomic mass is 79.9. The number of amides is 2. The molecule has 116 valence electrons. The SMILES string of the molecule is COCCC(NC(=O)Nc1cc(F)c(Br)cc1C)C(=O)O. The van der Waals surface area contributed by atoms with E-state index >= 15 is 0 Å². The first-order valence-electron chi connectivity index (χ1n) is 6.10. The van der Waals surface area contributed by atoms with E-state index in [1.807, 2.05) is 0 Å². The number of hydrogen-bond donors (Lipinski definition) is 3. The van der Waals surface area contributed by atoms with E-state index in [4.69, 9.17) is 9.84 Å². The molecule has 0 aliphatic rings. The third-order valence-electron chi connectivity index (χ3n) is 2.73.